The Labute approximate surface area is 162 Å². The normalized spacial score (nSPS) is 10.3. The van der Waals surface area contributed by atoms with E-state index in [1.54, 1.807) is 19.2 Å². The number of rotatable bonds is 4. The number of benzene rings is 1. The number of halogens is 2. The van der Waals surface area contributed by atoms with Crippen LogP contribution in [0.15, 0.2) is 17.5 Å². The number of amides is 2. The Morgan fingerprint density at radius 2 is 1.85 bits per heavy atom. The van der Waals surface area contributed by atoms with Crippen LogP contribution in [0.4, 0.5) is 10.7 Å². The minimum Gasteiger partial charge on any atom is -0.504 e. The lowest BCUT2D eigenvalue weighted by Gasteiger charge is -2.10. The molecule has 26 heavy (non-hydrogen) atoms. The summed E-state index contributed by atoms with van der Waals surface area (Å²) in [6.07, 6.45) is 0. The van der Waals surface area contributed by atoms with Gasteiger partial charge < -0.3 is 20.5 Å². The molecule has 0 atom stereocenters. The number of anilines is 2. The molecule has 2 rings (SSSR count). The minimum atomic E-state index is -1.07. The van der Waals surface area contributed by atoms with Gasteiger partial charge in [0.25, 0.3) is 0 Å². The van der Waals surface area contributed by atoms with Crippen LogP contribution in [0.3, 0.4) is 0 Å². The number of thiophene rings is 1. The van der Waals surface area contributed by atoms with Crippen LogP contribution >= 0.6 is 34.5 Å². The Hall–Kier alpha value is -2.29. The molecule has 3 N–H and O–H groups in total. The van der Waals surface area contributed by atoms with E-state index < -0.39 is 23.5 Å². The first-order valence-corrected chi connectivity index (χ1v) is 8.93. The molecular formula is C16H14Cl2N2O5S. The Kier molecular flexibility index (Phi) is 6.47. The maximum absolute atomic E-state index is 12.1. The molecule has 1 aromatic carbocycles. The number of hydrogen-bond donors (Lipinski definition) is 3. The quantitative estimate of drug-likeness (QED) is 0.399. The van der Waals surface area contributed by atoms with Gasteiger partial charge in [0, 0.05) is 5.02 Å². The van der Waals surface area contributed by atoms with Crippen molar-refractivity contribution >= 4 is 63.0 Å². The number of carbonyl (C=O) groups excluding carboxylic acids is 3. The third-order valence-corrected chi connectivity index (χ3v) is 4.68. The number of esters is 1. The van der Waals surface area contributed by atoms with Crippen molar-refractivity contribution in [3.63, 3.8) is 0 Å². The van der Waals surface area contributed by atoms with Crippen molar-refractivity contribution in [3.05, 3.63) is 38.7 Å². The fourth-order valence-electron chi connectivity index (χ4n) is 1.99. The molecule has 1 aromatic heterocycles. The van der Waals surface area contributed by atoms with E-state index >= 15 is 0 Å². The monoisotopic (exact) mass is 416 g/mol. The van der Waals surface area contributed by atoms with Gasteiger partial charge in [-0.2, -0.15) is 0 Å². The van der Waals surface area contributed by atoms with Crippen LogP contribution in [0.25, 0.3) is 0 Å². The first kappa shape index (κ1) is 20.0. The lowest BCUT2D eigenvalue weighted by atomic mass is 10.2. The van der Waals surface area contributed by atoms with Gasteiger partial charge in [-0.05, 0) is 36.9 Å². The lowest BCUT2D eigenvalue weighted by Crippen LogP contribution is -2.29. The van der Waals surface area contributed by atoms with Gasteiger partial charge in [-0.25, -0.2) is 4.79 Å². The summed E-state index contributed by atoms with van der Waals surface area (Å²) in [5.74, 6) is -3.12. The molecule has 0 aliphatic heterocycles. The van der Waals surface area contributed by atoms with Crippen LogP contribution in [0.1, 0.15) is 22.8 Å². The van der Waals surface area contributed by atoms with Gasteiger partial charge in [-0.1, -0.05) is 23.2 Å². The van der Waals surface area contributed by atoms with Crippen LogP contribution in [-0.4, -0.2) is 29.5 Å². The minimum absolute atomic E-state index is 0.0771. The van der Waals surface area contributed by atoms with Gasteiger partial charge in [-0.3, -0.25) is 9.59 Å². The molecule has 0 spiro atoms. The molecule has 0 bridgehead atoms. The Balaban J connectivity index is 2.16. The predicted octanol–water partition coefficient (Wildman–Crippen LogP) is 3.82. The van der Waals surface area contributed by atoms with Crippen molar-refractivity contribution in [1.82, 2.24) is 0 Å². The molecule has 138 valence electrons. The standard InChI is InChI=1S/C16H14Cl2N2O5S/c1-3-25-16(24)11-7(2)6-26-15(11)20-14(23)13(22)19-10-5-8(17)4-9(18)12(10)21/h4-6,21H,3H2,1-2H3,(H,19,22)(H,20,23). The third kappa shape index (κ3) is 4.46. The number of phenolic OH excluding ortho intramolecular Hbond substituents is 1. The number of aromatic hydroxyl groups is 1. The van der Waals surface area contributed by atoms with E-state index in [0.717, 1.165) is 11.3 Å². The van der Waals surface area contributed by atoms with Gasteiger partial charge in [0.05, 0.1) is 22.9 Å². The summed E-state index contributed by atoms with van der Waals surface area (Å²) >= 11 is 12.7. The molecule has 7 nitrogen and oxygen atoms in total. The van der Waals surface area contributed by atoms with Crippen molar-refractivity contribution in [1.29, 1.82) is 0 Å². The first-order chi connectivity index (χ1) is 12.2. The summed E-state index contributed by atoms with van der Waals surface area (Å²) < 4.78 is 4.94. The highest BCUT2D eigenvalue weighted by molar-refractivity contribution is 7.15. The smallest absolute Gasteiger partial charge is 0.341 e. The van der Waals surface area contributed by atoms with Crippen LogP contribution < -0.4 is 10.6 Å². The molecule has 10 heteroatoms. The van der Waals surface area contributed by atoms with E-state index in [9.17, 15) is 19.5 Å². The van der Waals surface area contributed by atoms with E-state index in [2.05, 4.69) is 10.6 Å². The zero-order valence-corrected chi connectivity index (χ0v) is 16.0. The van der Waals surface area contributed by atoms with Crippen molar-refractivity contribution in [2.45, 2.75) is 13.8 Å². The van der Waals surface area contributed by atoms with E-state index in [-0.39, 0.29) is 32.9 Å². The summed E-state index contributed by atoms with van der Waals surface area (Å²) in [6, 6.07) is 2.53. The van der Waals surface area contributed by atoms with E-state index in [1.807, 2.05) is 0 Å². The van der Waals surface area contributed by atoms with Crippen LogP contribution in [0.2, 0.25) is 10.0 Å². The fourth-order valence-corrected chi connectivity index (χ4v) is 3.41. The summed E-state index contributed by atoms with van der Waals surface area (Å²) in [6.45, 7) is 3.52. The molecule has 2 amide bonds. The van der Waals surface area contributed by atoms with Crippen molar-refractivity contribution in [2.75, 3.05) is 17.2 Å². The van der Waals surface area contributed by atoms with Gasteiger partial charge in [-0.15, -0.1) is 11.3 Å². The predicted molar refractivity (Wildman–Crippen MR) is 100 cm³/mol. The van der Waals surface area contributed by atoms with E-state index in [1.165, 1.54) is 12.1 Å². The molecular weight excluding hydrogens is 403 g/mol. The Morgan fingerprint density at radius 1 is 1.19 bits per heavy atom. The molecule has 0 unspecified atom stereocenters. The number of phenols is 1. The summed E-state index contributed by atoms with van der Waals surface area (Å²) in [5, 5.41) is 16.3. The largest absolute Gasteiger partial charge is 0.504 e. The molecule has 0 saturated heterocycles. The maximum atomic E-state index is 12.1. The second-order valence-corrected chi connectivity index (χ2v) is 6.76. The van der Waals surface area contributed by atoms with Crippen LogP contribution in [0.5, 0.6) is 5.75 Å². The highest BCUT2D eigenvalue weighted by atomic mass is 35.5. The summed E-state index contributed by atoms with van der Waals surface area (Å²) in [5.41, 5.74) is 0.686. The van der Waals surface area contributed by atoms with Gasteiger partial charge in [0.15, 0.2) is 5.75 Å². The molecule has 0 aliphatic rings. The summed E-state index contributed by atoms with van der Waals surface area (Å²) in [7, 11) is 0. The Bertz CT molecular complexity index is 882. The lowest BCUT2D eigenvalue weighted by molar-refractivity contribution is -0.132. The second-order valence-electron chi connectivity index (χ2n) is 5.04. The van der Waals surface area contributed by atoms with Crippen molar-refractivity contribution in [2.24, 2.45) is 0 Å². The van der Waals surface area contributed by atoms with E-state index in [4.69, 9.17) is 27.9 Å². The molecule has 2 aromatic rings. The average molecular weight is 417 g/mol. The van der Waals surface area contributed by atoms with Gasteiger partial charge >= 0.3 is 17.8 Å². The maximum Gasteiger partial charge on any atom is 0.341 e. The van der Waals surface area contributed by atoms with Crippen LogP contribution in [0, 0.1) is 6.92 Å². The highest BCUT2D eigenvalue weighted by Crippen LogP contribution is 2.35. The number of hydrogen-bond acceptors (Lipinski definition) is 6. The van der Waals surface area contributed by atoms with Gasteiger partial charge in [0.1, 0.15) is 5.00 Å². The molecule has 1 heterocycles. The van der Waals surface area contributed by atoms with Crippen molar-refractivity contribution in [3.8, 4) is 5.75 Å². The highest BCUT2D eigenvalue weighted by Gasteiger charge is 2.23. The third-order valence-electron chi connectivity index (χ3n) is 3.16. The Morgan fingerprint density at radius 3 is 2.50 bits per heavy atom. The molecule has 0 aliphatic carbocycles. The van der Waals surface area contributed by atoms with Gasteiger partial charge in [0.2, 0.25) is 0 Å². The van der Waals surface area contributed by atoms with E-state index in [0.29, 0.717) is 5.56 Å². The molecule has 0 fully saturated rings. The second kappa shape index (κ2) is 8.39. The number of nitrogens with one attached hydrogen (secondary N) is 2. The zero-order valence-electron chi connectivity index (χ0n) is 13.7. The number of ether oxygens (including phenoxy) is 1. The zero-order chi connectivity index (χ0) is 19.4. The fraction of sp³-hybridized carbons (Fsp3) is 0.188. The SMILES string of the molecule is CCOC(=O)c1c(C)csc1NC(=O)C(=O)Nc1cc(Cl)cc(Cl)c1O. The average Bonchev–Trinajstić information content (AvgIpc) is 2.92. The first-order valence-electron chi connectivity index (χ1n) is 7.30. The summed E-state index contributed by atoms with van der Waals surface area (Å²) in [4.78, 5) is 36.2. The number of carbonyl (C=O) groups is 3. The number of aryl methyl sites for hydroxylation is 1. The molecule has 0 radical (unpaired) electrons. The van der Waals surface area contributed by atoms with Crippen molar-refractivity contribution < 1.29 is 24.2 Å². The van der Waals surface area contributed by atoms with Crippen LogP contribution in [-0.2, 0) is 14.3 Å². The topological polar surface area (TPSA) is 105 Å². The molecule has 0 saturated carbocycles.